The molecule has 0 aromatic heterocycles. The predicted molar refractivity (Wildman–Crippen MR) is 111 cm³/mol. The molecule has 2 aromatic carbocycles. The molecule has 1 fully saturated rings. The van der Waals surface area contributed by atoms with Crippen molar-refractivity contribution in [3.8, 4) is 11.5 Å². The lowest BCUT2D eigenvalue weighted by Crippen LogP contribution is -2.36. The number of nitrogens with zero attached hydrogens (tertiary/aromatic N) is 1. The number of carbonyl (C=O) groups excluding carboxylic acids is 1. The van der Waals surface area contributed by atoms with Crippen molar-refractivity contribution in [3.05, 3.63) is 42.5 Å². The van der Waals surface area contributed by atoms with Gasteiger partial charge in [0, 0.05) is 31.6 Å². The van der Waals surface area contributed by atoms with Crippen molar-refractivity contribution in [3.63, 3.8) is 0 Å². The number of benzene rings is 2. The Hall–Kier alpha value is -2.93. The van der Waals surface area contributed by atoms with E-state index in [2.05, 4.69) is 15.5 Å². The molecule has 0 saturated carbocycles. The Bertz CT molecular complexity index is 787. The van der Waals surface area contributed by atoms with Crippen LogP contribution in [0.2, 0.25) is 0 Å². The summed E-state index contributed by atoms with van der Waals surface area (Å²) in [5.74, 6) is 1.04. The smallest absolute Gasteiger partial charge is 0.323 e. The summed E-state index contributed by atoms with van der Waals surface area (Å²) < 4.78 is 16.0. The highest BCUT2D eigenvalue weighted by Crippen LogP contribution is 2.34. The van der Waals surface area contributed by atoms with Crippen molar-refractivity contribution >= 4 is 23.1 Å². The van der Waals surface area contributed by atoms with Crippen LogP contribution in [0.5, 0.6) is 11.5 Å². The maximum absolute atomic E-state index is 12.4. The minimum Gasteiger partial charge on any atom is -0.493 e. The normalized spacial score (nSPS) is 14.5. The predicted octanol–water partition coefficient (Wildman–Crippen LogP) is 3.96. The lowest BCUT2D eigenvalue weighted by atomic mass is 10.1. The second-order valence-electron chi connectivity index (χ2n) is 6.59. The maximum atomic E-state index is 12.4. The van der Waals surface area contributed by atoms with Crippen LogP contribution in [-0.2, 0) is 4.74 Å². The molecule has 0 unspecified atom stereocenters. The van der Waals surface area contributed by atoms with Crippen LogP contribution in [0.25, 0.3) is 0 Å². The van der Waals surface area contributed by atoms with Crippen LogP contribution in [0, 0.1) is 0 Å². The molecule has 28 heavy (non-hydrogen) atoms. The molecule has 1 aliphatic heterocycles. The number of para-hydroxylation sites is 1. The van der Waals surface area contributed by atoms with Crippen LogP contribution < -0.4 is 25.0 Å². The van der Waals surface area contributed by atoms with Gasteiger partial charge in [0.05, 0.1) is 26.0 Å². The summed E-state index contributed by atoms with van der Waals surface area (Å²) in [6.07, 6.45) is 2.41. The van der Waals surface area contributed by atoms with E-state index in [0.29, 0.717) is 23.3 Å². The Morgan fingerprint density at radius 3 is 2.29 bits per heavy atom. The SMILES string of the molecule is COc1cccc(NC(=O)Nc2ccc(N3CCC(OC)CC3)cc2)c1OC. The molecule has 0 atom stereocenters. The number of amides is 2. The van der Waals surface area contributed by atoms with E-state index in [1.54, 1.807) is 32.4 Å². The van der Waals surface area contributed by atoms with Gasteiger partial charge < -0.3 is 29.7 Å². The van der Waals surface area contributed by atoms with Gasteiger partial charge in [0.2, 0.25) is 0 Å². The third-order valence-electron chi connectivity index (χ3n) is 4.92. The minimum absolute atomic E-state index is 0.347. The van der Waals surface area contributed by atoms with E-state index in [0.717, 1.165) is 37.3 Å². The molecule has 2 aromatic rings. The average Bonchev–Trinajstić information content (AvgIpc) is 2.74. The number of methoxy groups -OCH3 is 3. The van der Waals surface area contributed by atoms with Gasteiger partial charge in [-0.1, -0.05) is 6.07 Å². The minimum atomic E-state index is -0.347. The Kier molecular flexibility index (Phi) is 6.60. The molecule has 7 heteroatoms. The maximum Gasteiger partial charge on any atom is 0.323 e. The highest BCUT2D eigenvalue weighted by atomic mass is 16.5. The Morgan fingerprint density at radius 2 is 1.68 bits per heavy atom. The first kappa shape index (κ1) is 19.8. The molecule has 0 spiro atoms. The van der Waals surface area contributed by atoms with E-state index < -0.39 is 0 Å². The zero-order chi connectivity index (χ0) is 19.9. The monoisotopic (exact) mass is 385 g/mol. The molecule has 0 radical (unpaired) electrons. The van der Waals surface area contributed by atoms with E-state index in [4.69, 9.17) is 14.2 Å². The molecule has 3 rings (SSSR count). The number of hydrogen-bond acceptors (Lipinski definition) is 5. The van der Waals surface area contributed by atoms with Gasteiger partial charge in [-0.3, -0.25) is 0 Å². The number of anilines is 3. The van der Waals surface area contributed by atoms with E-state index in [9.17, 15) is 4.79 Å². The first-order valence-electron chi connectivity index (χ1n) is 9.31. The summed E-state index contributed by atoms with van der Waals surface area (Å²) in [4.78, 5) is 14.7. The van der Waals surface area contributed by atoms with Crippen LogP contribution in [0.4, 0.5) is 21.9 Å². The second kappa shape index (κ2) is 9.32. The summed E-state index contributed by atoms with van der Waals surface area (Å²) >= 11 is 0. The highest BCUT2D eigenvalue weighted by Gasteiger charge is 2.19. The number of hydrogen-bond donors (Lipinski definition) is 2. The number of urea groups is 1. The molecule has 150 valence electrons. The van der Waals surface area contributed by atoms with Crippen LogP contribution >= 0.6 is 0 Å². The van der Waals surface area contributed by atoms with Gasteiger partial charge in [-0.15, -0.1) is 0 Å². The second-order valence-corrected chi connectivity index (χ2v) is 6.59. The summed E-state index contributed by atoms with van der Waals surface area (Å²) in [5.41, 5.74) is 2.40. The van der Waals surface area contributed by atoms with E-state index in [1.165, 1.54) is 7.11 Å². The third kappa shape index (κ3) is 4.67. The first-order chi connectivity index (χ1) is 13.6. The number of piperidine rings is 1. The quantitative estimate of drug-likeness (QED) is 0.787. The Labute approximate surface area is 165 Å². The van der Waals surface area contributed by atoms with Crippen LogP contribution in [0.15, 0.2) is 42.5 Å². The molecule has 1 saturated heterocycles. The molecule has 1 heterocycles. The van der Waals surface area contributed by atoms with Gasteiger partial charge in [-0.25, -0.2) is 4.79 Å². The average molecular weight is 385 g/mol. The largest absolute Gasteiger partial charge is 0.493 e. The fourth-order valence-electron chi connectivity index (χ4n) is 3.38. The Balaban J connectivity index is 1.59. The van der Waals surface area contributed by atoms with Crippen molar-refractivity contribution < 1.29 is 19.0 Å². The molecular formula is C21H27N3O4. The van der Waals surface area contributed by atoms with Gasteiger partial charge in [0.25, 0.3) is 0 Å². The molecule has 7 nitrogen and oxygen atoms in total. The van der Waals surface area contributed by atoms with Gasteiger partial charge >= 0.3 is 6.03 Å². The molecule has 1 aliphatic rings. The number of rotatable bonds is 6. The van der Waals surface area contributed by atoms with Gasteiger partial charge in [0.15, 0.2) is 11.5 Å². The topological polar surface area (TPSA) is 72.1 Å². The van der Waals surface area contributed by atoms with Crippen LogP contribution in [-0.4, -0.2) is 46.6 Å². The fraction of sp³-hybridized carbons (Fsp3) is 0.381. The van der Waals surface area contributed by atoms with Crippen molar-refractivity contribution in [2.45, 2.75) is 18.9 Å². The lowest BCUT2D eigenvalue weighted by molar-refractivity contribution is 0.0819. The fourth-order valence-corrected chi connectivity index (χ4v) is 3.38. The molecule has 2 amide bonds. The Morgan fingerprint density at radius 1 is 0.964 bits per heavy atom. The number of ether oxygens (including phenoxy) is 3. The number of carbonyl (C=O) groups is 1. The summed E-state index contributed by atoms with van der Waals surface area (Å²) in [5, 5.41) is 5.64. The van der Waals surface area contributed by atoms with E-state index in [-0.39, 0.29) is 6.03 Å². The summed E-state index contributed by atoms with van der Waals surface area (Å²) in [7, 11) is 4.86. The van der Waals surface area contributed by atoms with Gasteiger partial charge in [-0.05, 0) is 49.2 Å². The van der Waals surface area contributed by atoms with Crippen LogP contribution in [0.1, 0.15) is 12.8 Å². The first-order valence-corrected chi connectivity index (χ1v) is 9.31. The summed E-state index contributed by atoms with van der Waals surface area (Å²) in [6.45, 7) is 1.95. The molecular weight excluding hydrogens is 358 g/mol. The van der Waals surface area contributed by atoms with Crippen molar-refractivity contribution in [1.82, 2.24) is 0 Å². The standard InChI is InChI=1S/C21H27N3O4/c1-26-17-11-13-24(14-12-17)16-9-7-15(8-10-16)22-21(25)23-18-5-4-6-19(27-2)20(18)28-3/h4-10,17H,11-14H2,1-3H3,(H2,22,23,25). The number of nitrogens with one attached hydrogen (secondary N) is 2. The highest BCUT2D eigenvalue weighted by molar-refractivity contribution is 6.01. The molecule has 0 bridgehead atoms. The lowest BCUT2D eigenvalue weighted by Gasteiger charge is -2.33. The van der Waals surface area contributed by atoms with Crippen LogP contribution in [0.3, 0.4) is 0 Å². The molecule has 2 N–H and O–H groups in total. The van der Waals surface area contributed by atoms with Crippen molar-refractivity contribution in [2.24, 2.45) is 0 Å². The van der Waals surface area contributed by atoms with E-state index in [1.807, 2.05) is 24.3 Å². The zero-order valence-electron chi connectivity index (χ0n) is 16.5. The van der Waals surface area contributed by atoms with Crippen molar-refractivity contribution in [2.75, 3.05) is 50.0 Å². The van der Waals surface area contributed by atoms with Gasteiger partial charge in [-0.2, -0.15) is 0 Å². The van der Waals surface area contributed by atoms with Crippen molar-refractivity contribution in [1.29, 1.82) is 0 Å². The summed E-state index contributed by atoms with van der Waals surface area (Å²) in [6, 6.07) is 12.8. The zero-order valence-corrected chi connectivity index (χ0v) is 16.5. The third-order valence-corrected chi connectivity index (χ3v) is 4.92. The van der Waals surface area contributed by atoms with Gasteiger partial charge in [0.1, 0.15) is 0 Å². The molecule has 0 aliphatic carbocycles. The van der Waals surface area contributed by atoms with E-state index >= 15 is 0 Å².